The lowest BCUT2D eigenvalue weighted by molar-refractivity contribution is 0.00600. The van der Waals surface area contributed by atoms with Crippen molar-refractivity contribution in [1.29, 1.82) is 0 Å². The minimum atomic E-state index is -1.08. The summed E-state index contributed by atoms with van der Waals surface area (Å²) in [5.41, 5.74) is 0.791. The number of fused-ring (bicyclic) bond motifs is 1. The average Bonchev–Trinajstić information content (AvgIpc) is 2.70. The van der Waals surface area contributed by atoms with Gasteiger partial charge in [-0.2, -0.15) is 0 Å². The fraction of sp³-hybridized carbons (Fsp3) is 0.417. The third-order valence-electron chi connectivity index (χ3n) is 2.92. The van der Waals surface area contributed by atoms with E-state index < -0.39 is 11.6 Å². The highest BCUT2D eigenvalue weighted by molar-refractivity contribution is 6.34. The van der Waals surface area contributed by atoms with Gasteiger partial charge in [-0.25, -0.2) is 9.48 Å². The molecule has 0 aliphatic heterocycles. The third kappa shape index (κ3) is 2.69. The fourth-order valence-corrected chi connectivity index (χ4v) is 1.93. The fourth-order valence-electron chi connectivity index (χ4n) is 1.69. The van der Waals surface area contributed by atoms with Gasteiger partial charge in [-0.05, 0) is 26.0 Å². The first-order chi connectivity index (χ1) is 8.84. The van der Waals surface area contributed by atoms with Crippen LogP contribution in [0, 0.1) is 0 Å². The van der Waals surface area contributed by atoms with Crippen LogP contribution in [-0.2, 0) is 11.3 Å². The van der Waals surface area contributed by atoms with Gasteiger partial charge in [0.05, 0.1) is 28.2 Å². The van der Waals surface area contributed by atoms with Gasteiger partial charge in [0.25, 0.3) is 0 Å². The van der Waals surface area contributed by atoms with Gasteiger partial charge in [-0.1, -0.05) is 16.8 Å². The molecule has 0 saturated carbocycles. The number of carboxylic acids is 1. The van der Waals surface area contributed by atoms with Crippen molar-refractivity contribution in [3.05, 3.63) is 22.7 Å². The summed E-state index contributed by atoms with van der Waals surface area (Å²) in [5.74, 6) is -1.08. The summed E-state index contributed by atoms with van der Waals surface area (Å²) >= 11 is 5.95. The topological polar surface area (TPSA) is 77.2 Å². The van der Waals surface area contributed by atoms with Crippen LogP contribution in [0.15, 0.2) is 12.1 Å². The van der Waals surface area contributed by atoms with Crippen LogP contribution in [0.2, 0.25) is 5.02 Å². The number of methoxy groups -OCH3 is 1. The Labute approximate surface area is 114 Å². The van der Waals surface area contributed by atoms with E-state index in [1.165, 1.54) is 6.07 Å². The number of carbonyl (C=O) groups is 1. The van der Waals surface area contributed by atoms with Crippen LogP contribution in [0.1, 0.15) is 24.2 Å². The zero-order chi connectivity index (χ0) is 14.2. The van der Waals surface area contributed by atoms with E-state index in [4.69, 9.17) is 21.4 Å². The third-order valence-corrected chi connectivity index (χ3v) is 3.23. The summed E-state index contributed by atoms with van der Waals surface area (Å²) in [5, 5.41) is 17.1. The highest BCUT2D eigenvalue weighted by Gasteiger charge is 2.21. The summed E-state index contributed by atoms with van der Waals surface area (Å²) in [7, 11) is 1.62. The average molecular weight is 284 g/mol. The standard InChI is InChI=1S/C12H14ClN3O3/c1-12(2,19-3)6-16-10-5-8(13)7(11(17)18)4-9(10)14-15-16/h4-5H,6H2,1-3H3,(H,17,18). The largest absolute Gasteiger partial charge is 0.478 e. The smallest absolute Gasteiger partial charge is 0.337 e. The number of rotatable bonds is 4. The van der Waals surface area contributed by atoms with E-state index >= 15 is 0 Å². The Morgan fingerprint density at radius 1 is 1.53 bits per heavy atom. The minimum absolute atomic E-state index is 0.0206. The Morgan fingerprint density at radius 3 is 2.79 bits per heavy atom. The Balaban J connectivity index is 2.50. The number of aromatic nitrogens is 3. The molecular weight excluding hydrogens is 270 g/mol. The van der Waals surface area contributed by atoms with Crippen molar-refractivity contribution < 1.29 is 14.6 Å². The van der Waals surface area contributed by atoms with Crippen LogP contribution in [0.5, 0.6) is 0 Å². The van der Waals surface area contributed by atoms with Gasteiger partial charge in [0, 0.05) is 7.11 Å². The molecule has 0 amide bonds. The van der Waals surface area contributed by atoms with E-state index in [1.54, 1.807) is 17.9 Å². The van der Waals surface area contributed by atoms with Crippen LogP contribution in [0.25, 0.3) is 11.0 Å². The second-order valence-corrected chi connectivity index (χ2v) is 5.24. The van der Waals surface area contributed by atoms with Gasteiger partial charge in [0.1, 0.15) is 5.52 Å². The van der Waals surface area contributed by atoms with Crippen molar-refractivity contribution in [2.75, 3.05) is 7.11 Å². The highest BCUT2D eigenvalue weighted by atomic mass is 35.5. The van der Waals surface area contributed by atoms with E-state index in [-0.39, 0.29) is 10.6 Å². The summed E-state index contributed by atoms with van der Waals surface area (Å²) in [6.45, 7) is 4.34. The summed E-state index contributed by atoms with van der Waals surface area (Å²) in [6.07, 6.45) is 0. The molecule has 7 heteroatoms. The molecule has 2 rings (SSSR count). The summed E-state index contributed by atoms with van der Waals surface area (Å²) < 4.78 is 6.99. The van der Waals surface area contributed by atoms with Crippen molar-refractivity contribution in [1.82, 2.24) is 15.0 Å². The summed E-state index contributed by atoms with van der Waals surface area (Å²) in [6, 6.07) is 2.98. The quantitative estimate of drug-likeness (QED) is 0.931. The van der Waals surface area contributed by atoms with E-state index in [0.717, 1.165) is 0 Å². The van der Waals surface area contributed by atoms with Crippen LogP contribution in [0.3, 0.4) is 0 Å². The number of aromatic carboxylic acids is 1. The van der Waals surface area contributed by atoms with Crippen LogP contribution >= 0.6 is 11.6 Å². The molecule has 0 saturated heterocycles. The van der Waals surface area contributed by atoms with Crippen molar-refractivity contribution in [3.8, 4) is 0 Å². The molecule has 2 aromatic rings. The first-order valence-electron chi connectivity index (χ1n) is 5.65. The lowest BCUT2D eigenvalue weighted by Crippen LogP contribution is -2.29. The molecule has 0 unspecified atom stereocenters. The molecule has 102 valence electrons. The molecule has 0 aliphatic carbocycles. The van der Waals surface area contributed by atoms with Crippen molar-refractivity contribution in [3.63, 3.8) is 0 Å². The van der Waals surface area contributed by atoms with Gasteiger partial charge < -0.3 is 9.84 Å². The van der Waals surface area contributed by atoms with Gasteiger partial charge in [-0.3, -0.25) is 0 Å². The number of hydrogen-bond donors (Lipinski definition) is 1. The van der Waals surface area contributed by atoms with Crippen LogP contribution < -0.4 is 0 Å². The van der Waals surface area contributed by atoms with E-state index in [0.29, 0.717) is 17.6 Å². The maximum absolute atomic E-state index is 11.0. The normalized spacial score (nSPS) is 12.0. The molecule has 6 nitrogen and oxygen atoms in total. The first-order valence-corrected chi connectivity index (χ1v) is 6.03. The lowest BCUT2D eigenvalue weighted by atomic mass is 10.1. The highest BCUT2D eigenvalue weighted by Crippen LogP contribution is 2.24. The molecule has 1 N–H and O–H groups in total. The number of nitrogens with zero attached hydrogens (tertiary/aromatic N) is 3. The Hall–Kier alpha value is -1.66. The zero-order valence-electron chi connectivity index (χ0n) is 10.8. The second kappa shape index (κ2) is 4.79. The number of hydrogen-bond acceptors (Lipinski definition) is 4. The van der Waals surface area contributed by atoms with Crippen molar-refractivity contribution >= 4 is 28.6 Å². The Bertz CT molecular complexity index is 636. The van der Waals surface area contributed by atoms with Crippen LogP contribution in [0.4, 0.5) is 0 Å². The van der Waals surface area contributed by atoms with Crippen molar-refractivity contribution in [2.45, 2.75) is 26.0 Å². The Kier molecular flexibility index (Phi) is 3.47. The van der Waals surface area contributed by atoms with Gasteiger partial charge in [-0.15, -0.1) is 5.10 Å². The van der Waals surface area contributed by atoms with Gasteiger partial charge in [0.15, 0.2) is 0 Å². The van der Waals surface area contributed by atoms with Gasteiger partial charge >= 0.3 is 5.97 Å². The molecule has 19 heavy (non-hydrogen) atoms. The molecule has 0 fully saturated rings. The van der Waals surface area contributed by atoms with Crippen LogP contribution in [-0.4, -0.2) is 38.8 Å². The molecule has 0 bridgehead atoms. The molecule has 0 spiro atoms. The van der Waals surface area contributed by atoms with Crippen molar-refractivity contribution in [2.24, 2.45) is 0 Å². The molecule has 1 aromatic heterocycles. The minimum Gasteiger partial charge on any atom is -0.478 e. The molecule has 0 atom stereocenters. The van der Waals surface area contributed by atoms with E-state index in [1.807, 2.05) is 13.8 Å². The molecule has 1 heterocycles. The number of ether oxygens (including phenoxy) is 1. The maximum atomic E-state index is 11.0. The predicted octanol–water partition coefficient (Wildman–Crippen LogP) is 2.21. The number of halogens is 1. The first kappa shape index (κ1) is 13.8. The Morgan fingerprint density at radius 2 is 2.21 bits per heavy atom. The molecule has 1 aromatic carbocycles. The SMILES string of the molecule is COC(C)(C)Cn1nnc2cc(C(=O)O)c(Cl)cc21. The monoisotopic (exact) mass is 283 g/mol. The molecule has 0 radical (unpaired) electrons. The number of benzene rings is 1. The number of carboxylic acid groups (broad SMARTS) is 1. The second-order valence-electron chi connectivity index (χ2n) is 4.84. The van der Waals surface area contributed by atoms with E-state index in [2.05, 4.69) is 10.3 Å². The summed E-state index contributed by atoms with van der Waals surface area (Å²) in [4.78, 5) is 11.0. The predicted molar refractivity (Wildman–Crippen MR) is 70.6 cm³/mol. The zero-order valence-corrected chi connectivity index (χ0v) is 11.6. The van der Waals surface area contributed by atoms with E-state index in [9.17, 15) is 4.79 Å². The molecular formula is C12H14ClN3O3. The van der Waals surface area contributed by atoms with Gasteiger partial charge in [0.2, 0.25) is 0 Å². The maximum Gasteiger partial charge on any atom is 0.337 e. The molecule has 0 aliphatic rings. The lowest BCUT2D eigenvalue weighted by Gasteiger charge is -2.22.